The Morgan fingerprint density at radius 1 is 1.24 bits per heavy atom. The van der Waals surface area contributed by atoms with E-state index in [0.29, 0.717) is 19.2 Å². The topological polar surface area (TPSA) is 47.7 Å². The first-order chi connectivity index (χ1) is 8.11. The van der Waals surface area contributed by atoms with Gasteiger partial charge in [-0.05, 0) is 19.8 Å². The van der Waals surface area contributed by atoms with E-state index in [4.69, 9.17) is 15.2 Å². The SMILES string of the molecule is CCC(C)N(CCOC)C(CC)(CN)COC. The Labute approximate surface area is 106 Å². The largest absolute Gasteiger partial charge is 0.383 e. The zero-order valence-corrected chi connectivity index (χ0v) is 12.2. The van der Waals surface area contributed by atoms with E-state index in [-0.39, 0.29) is 5.54 Å². The van der Waals surface area contributed by atoms with Crippen molar-refractivity contribution in [3.8, 4) is 0 Å². The lowest BCUT2D eigenvalue weighted by Gasteiger charge is -2.45. The van der Waals surface area contributed by atoms with Crippen molar-refractivity contribution in [2.75, 3.05) is 40.5 Å². The molecular weight excluding hydrogens is 216 g/mol. The van der Waals surface area contributed by atoms with Crippen molar-refractivity contribution >= 4 is 0 Å². The Morgan fingerprint density at radius 2 is 1.88 bits per heavy atom. The minimum atomic E-state index is -0.0668. The molecule has 0 aliphatic heterocycles. The first kappa shape index (κ1) is 16.8. The van der Waals surface area contributed by atoms with Crippen LogP contribution in [0.4, 0.5) is 0 Å². The lowest BCUT2D eigenvalue weighted by atomic mass is 9.92. The zero-order valence-electron chi connectivity index (χ0n) is 12.2. The lowest BCUT2D eigenvalue weighted by molar-refractivity contribution is -0.0239. The second-order valence-electron chi connectivity index (χ2n) is 4.66. The van der Waals surface area contributed by atoms with Gasteiger partial charge in [0, 0.05) is 33.4 Å². The third-order valence-corrected chi connectivity index (χ3v) is 3.72. The summed E-state index contributed by atoms with van der Waals surface area (Å²) < 4.78 is 10.6. The van der Waals surface area contributed by atoms with Gasteiger partial charge in [-0.2, -0.15) is 0 Å². The highest BCUT2D eigenvalue weighted by Crippen LogP contribution is 2.23. The molecule has 2 atom stereocenters. The predicted molar refractivity (Wildman–Crippen MR) is 72.3 cm³/mol. The van der Waals surface area contributed by atoms with Crippen LogP contribution >= 0.6 is 0 Å². The van der Waals surface area contributed by atoms with Crippen LogP contribution in [0.3, 0.4) is 0 Å². The van der Waals surface area contributed by atoms with Crippen LogP contribution in [0.1, 0.15) is 33.6 Å². The molecule has 0 fully saturated rings. The summed E-state index contributed by atoms with van der Waals surface area (Å²) in [6.45, 7) is 9.54. The fourth-order valence-corrected chi connectivity index (χ4v) is 2.31. The van der Waals surface area contributed by atoms with Gasteiger partial charge in [-0.3, -0.25) is 4.90 Å². The van der Waals surface area contributed by atoms with Gasteiger partial charge in [-0.1, -0.05) is 13.8 Å². The van der Waals surface area contributed by atoms with Crippen molar-refractivity contribution in [3.05, 3.63) is 0 Å². The van der Waals surface area contributed by atoms with Crippen LogP contribution in [-0.4, -0.2) is 57.0 Å². The molecule has 0 spiro atoms. The molecule has 0 radical (unpaired) electrons. The summed E-state index contributed by atoms with van der Waals surface area (Å²) in [5.74, 6) is 0. The molecule has 0 aromatic carbocycles. The molecule has 104 valence electrons. The van der Waals surface area contributed by atoms with Gasteiger partial charge in [-0.15, -0.1) is 0 Å². The highest BCUT2D eigenvalue weighted by Gasteiger charge is 2.35. The van der Waals surface area contributed by atoms with Crippen molar-refractivity contribution in [1.29, 1.82) is 0 Å². The van der Waals surface area contributed by atoms with Gasteiger partial charge in [0.05, 0.1) is 18.8 Å². The van der Waals surface area contributed by atoms with E-state index in [2.05, 4.69) is 25.7 Å². The number of rotatable bonds is 10. The van der Waals surface area contributed by atoms with Crippen LogP contribution in [0.15, 0.2) is 0 Å². The first-order valence-electron chi connectivity index (χ1n) is 6.56. The highest BCUT2D eigenvalue weighted by atomic mass is 16.5. The third kappa shape index (κ3) is 4.54. The summed E-state index contributed by atoms with van der Waals surface area (Å²) >= 11 is 0. The number of hydrogen-bond acceptors (Lipinski definition) is 4. The van der Waals surface area contributed by atoms with Crippen LogP contribution in [0.2, 0.25) is 0 Å². The molecule has 0 amide bonds. The monoisotopic (exact) mass is 246 g/mol. The van der Waals surface area contributed by atoms with Crippen LogP contribution in [0, 0.1) is 0 Å². The van der Waals surface area contributed by atoms with Gasteiger partial charge in [-0.25, -0.2) is 0 Å². The van der Waals surface area contributed by atoms with E-state index in [9.17, 15) is 0 Å². The molecule has 0 heterocycles. The van der Waals surface area contributed by atoms with E-state index < -0.39 is 0 Å². The fraction of sp³-hybridized carbons (Fsp3) is 1.00. The molecule has 0 aromatic rings. The molecule has 0 bridgehead atoms. The number of methoxy groups -OCH3 is 2. The van der Waals surface area contributed by atoms with E-state index in [1.54, 1.807) is 14.2 Å². The lowest BCUT2D eigenvalue weighted by Crippen LogP contribution is -2.60. The van der Waals surface area contributed by atoms with Crippen LogP contribution in [-0.2, 0) is 9.47 Å². The molecule has 0 aliphatic rings. The Morgan fingerprint density at radius 3 is 2.24 bits per heavy atom. The number of nitrogens with two attached hydrogens (primary N) is 1. The predicted octanol–water partition coefficient (Wildman–Crippen LogP) is 1.49. The smallest absolute Gasteiger partial charge is 0.0659 e. The van der Waals surface area contributed by atoms with Gasteiger partial charge >= 0.3 is 0 Å². The van der Waals surface area contributed by atoms with E-state index >= 15 is 0 Å². The first-order valence-corrected chi connectivity index (χ1v) is 6.56. The Bertz CT molecular complexity index is 184. The normalized spacial score (nSPS) is 17.1. The maximum atomic E-state index is 6.01. The van der Waals surface area contributed by atoms with Gasteiger partial charge in [0.2, 0.25) is 0 Å². The molecule has 2 N–H and O–H groups in total. The molecule has 2 unspecified atom stereocenters. The average molecular weight is 246 g/mol. The Balaban J connectivity index is 4.90. The Kier molecular flexibility index (Phi) is 8.78. The van der Waals surface area contributed by atoms with Crippen molar-refractivity contribution in [2.24, 2.45) is 5.73 Å². The summed E-state index contributed by atoms with van der Waals surface area (Å²) in [7, 11) is 3.48. The van der Waals surface area contributed by atoms with Gasteiger partial charge < -0.3 is 15.2 Å². The quantitative estimate of drug-likeness (QED) is 0.634. The molecular formula is C13H30N2O2. The molecule has 4 nitrogen and oxygen atoms in total. The van der Waals surface area contributed by atoms with Crippen LogP contribution in [0.5, 0.6) is 0 Å². The fourth-order valence-electron chi connectivity index (χ4n) is 2.31. The summed E-state index contributed by atoms with van der Waals surface area (Å²) in [6, 6.07) is 0.490. The summed E-state index contributed by atoms with van der Waals surface area (Å²) in [5.41, 5.74) is 5.94. The molecule has 0 rings (SSSR count). The van der Waals surface area contributed by atoms with Gasteiger partial charge in [0.15, 0.2) is 0 Å². The van der Waals surface area contributed by atoms with Gasteiger partial charge in [0.1, 0.15) is 0 Å². The summed E-state index contributed by atoms with van der Waals surface area (Å²) in [6.07, 6.45) is 2.10. The maximum Gasteiger partial charge on any atom is 0.0659 e. The summed E-state index contributed by atoms with van der Waals surface area (Å²) in [5, 5.41) is 0. The zero-order chi connectivity index (χ0) is 13.3. The van der Waals surface area contributed by atoms with Gasteiger partial charge in [0.25, 0.3) is 0 Å². The number of hydrogen-bond donors (Lipinski definition) is 1. The molecule has 0 saturated heterocycles. The average Bonchev–Trinajstić information content (AvgIpc) is 2.37. The van der Waals surface area contributed by atoms with Crippen LogP contribution < -0.4 is 5.73 Å². The van der Waals surface area contributed by atoms with Crippen molar-refractivity contribution < 1.29 is 9.47 Å². The van der Waals surface area contributed by atoms with Crippen molar-refractivity contribution in [3.63, 3.8) is 0 Å². The molecule has 0 saturated carbocycles. The minimum absolute atomic E-state index is 0.0668. The number of nitrogens with zero attached hydrogens (tertiary/aromatic N) is 1. The highest BCUT2D eigenvalue weighted by molar-refractivity contribution is 4.93. The van der Waals surface area contributed by atoms with Crippen molar-refractivity contribution in [1.82, 2.24) is 4.90 Å². The van der Waals surface area contributed by atoms with E-state index in [0.717, 1.165) is 26.0 Å². The standard InChI is InChI=1S/C13H30N2O2/c1-6-12(3)15(8-9-16-4)13(7-2,10-14)11-17-5/h12H,6-11,14H2,1-5H3. The number of ether oxygens (including phenoxy) is 2. The second kappa shape index (κ2) is 8.86. The Hall–Kier alpha value is -0.160. The van der Waals surface area contributed by atoms with E-state index in [1.807, 2.05) is 0 Å². The third-order valence-electron chi connectivity index (χ3n) is 3.72. The van der Waals surface area contributed by atoms with E-state index in [1.165, 1.54) is 0 Å². The second-order valence-corrected chi connectivity index (χ2v) is 4.66. The maximum absolute atomic E-state index is 6.01. The molecule has 0 aliphatic carbocycles. The van der Waals surface area contributed by atoms with Crippen molar-refractivity contribution in [2.45, 2.75) is 45.2 Å². The van der Waals surface area contributed by atoms with Crippen LogP contribution in [0.25, 0.3) is 0 Å². The molecule has 4 heteroatoms. The summed E-state index contributed by atoms with van der Waals surface area (Å²) in [4.78, 5) is 2.44. The molecule has 17 heavy (non-hydrogen) atoms. The minimum Gasteiger partial charge on any atom is -0.383 e. The molecule has 0 aromatic heterocycles.